The Morgan fingerprint density at radius 1 is 1.15 bits per heavy atom. The maximum Gasteiger partial charge on any atom is 0.118 e. The third-order valence-corrected chi connectivity index (χ3v) is 4.87. The Morgan fingerprint density at radius 3 is 2.25 bits per heavy atom. The van der Waals surface area contributed by atoms with Crippen molar-refractivity contribution in [3.8, 4) is 5.75 Å². The first-order chi connectivity index (χ1) is 9.65. The smallest absolute Gasteiger partial charge is 0.118 e. The summed E-state index contributed by atoms with van der Waals surface area (Å²) >= 11 is 0. The van der Waals surface area contributed by atoms with Crippen LogP contribution >= 0.6 is 0 Å². The van der Waals surface area contributed by atoms with Gasteiger partial charge in [-0.25, -0.2) is 0 Å². The predicted octanol–water partition coefficient (Wildman–Crippen LogP) is 4.56. The Hall–Kier alpha value is -1.02. The van der Waals surface area contributed by atoms with Crippen molar-refractivity contribution in [1.29, 1.82) is 0 Å². The lowest BCUT2D eigenvalue weighted by atomic mass is 9.78. The van der Waals surface area contributed by atoms with Gasteiger partial charge in [0.1, 0.15) is 5.75 Å². The molecule has 2 heteroatoms. The largest absolute Gasteiger partial charge is 0.497 e. The van der Waals surface area contributed by atoms with E-state index in [1.165, 1.54) is 24.8 Å². The van der Waals surface area contributed by atoms with E-state index in [1.807, 2.05) is 0 Å². The van der Waals surface area contributed by atoms with Crippen molar-refractivity contribution in [1.82, 2.24) is 5.32 Å². The molecule has 1 fully saturated rings. The van der Waals surface area contributed by atoms with Crippen LogP contribution in [-0.2, 0) is 0 Å². The zero-order valence-corrected chi connectivity index (χ0v) is 13.4. The molecule has 1 N–H and O–H groups in total. The van der Waals surface area contributed by atoms with Gasteiger partial charge in [-0.15, -0.1) is 0 Å². The molecule has 0 spiro atoms. The molecule has 1 aliphatic carbocycles. The molecule has 0 amide bonds. The minimum Gasteiger partial charge on any atom is -0.497 e. The van der Waals surface area contributed by atoms with E-state index in [9.17, 15) is 0 Å². The van der Waals surface area contributed by atoms with Crippen LogP contribution in [0.4, 0.5) is 0 Å². The van der Waals surface area contributed by atoms with E-state index in [0.717, 1.165) is 24.0 Å². The van der Waals surface area contributed by atoms with Gasteiger partial charge in [-0.1, -0.05) is 39.3 Å². The van der Waals surface area contributed by atoms with Crippen LogP contribution in [0.25, 0.3) is 0 Å². The summed E-state index contributed by atoms with van der Waals surface area (Å²) in [6.45, 7) is 7.06. The molecule has 112 valence electrons. The van der Waals surface area contributed by atoms with E-state index in [-0.39, 0.29) is 0 Å². The summed E-state index contributed by atoms with van der Waals surface area (Å²) in [6.07, 6.45) is 5.24. The van der Waals surface area contributed by atoms with Crippen LogP contribution in [-0.4, -0.2) is 13.2 Å². The zero-order valence-electron chi connectivity index (χ0n) is 13.4. The topological polar surface area (TPSA) is 21.3 Å². The molecule has 1 saturated carbocycles. The van der Waals surface area contributed by atoms with E-state index in [4.69, 9.17) is 4.74 Å². The van der Waals surface area contributed by atoms with E-state index in [1.54, 1.807) is 7.11 Å². The summed E-state index contributed by atoms with van der Waals surface area (Å²) in [5, 5.41) is 3.92. The summed E-state index contributed by atoms with van der Waals surface area (Å²) in [7, 11) is 1.72. The summed E-state index contributed by atoms with van der Waals surface area (Å²) in [4.78, 5) is 0. The quantitative estimate of drug-likeness (QED) is 0.850. The average Bonchev–Trinajstić information content (AvgIpc) is 2.47. The standard InChI is InChI=1S/C18H29NO/c1-5-17(15-9-11-16(20-4)12-10-15)19-18-13(2)7-6-8-14(18)3/h9-14,17-19H,5-8H2,1-4H3. The lowest BCUT2D eigenvalue weighted by Crippen LogP contribution is -2.44. The van der Waals surface area contributed by atoms with Crippen LogP contribution in [0.2, 0.25) is 0 Å². The highest BCUT2D eigenvalue weighted by Crippen LogP contribution is 2.31. The van der Waals surface area contributed by atoms with Crippen LogP contribution < -0.4 is 10.1 Å². The van der Waals surface area contributed by atoms with Gasteiger partial charge < -0.3 is 10.1 Å². The maximum absolute atomic E-state index is 5.25. The lowest BCUT2D eigenvalue weighted by molar-refractivity contribution is 0.191. The fourth-order valence-electron chi connectivity index (χ4n) is 3.53. The van der Waals surface area contributed by atoms with Crippen molar-refractivity contribution < 1.29 is 4.74 Å². The predicted molar refractivity (Wildman–Crippen MR) is 85.1 cm³/mol. The van der Waals surface area contributed by atoms with E-state index in [2.05, 4.69) is 50.4 Å². The first-order valence-corrected chi connectivity index (χ1v) is 8.05. The summed E-state index contributed by atoms with van der Waals surface area (Å²) in [5.41, 5.74) is 1.37. The fraction of sp³-hybridized carbons (Fsp3) is 0.667. The summed E-state index contributed by atoms with van der Waals surface area (Å²) in [6, 6.07) is 9.61. The SMILES string of the molecule is CCC(NC1C(C)CCCC1C)c1ccc(OC)cc1. The van der Waals surface area contributed by atoms with Gasteiger partial charge in [0, 0.05) is 12.1 Å². The first kappa shape index (κ1) is 15.4. The van der Waals surface area contributed by atoms with Crippen molar-refractivity contribution in [2.45, 2.75) is 58.5 Å². The third kappa shape index (κ3) is 3.54. The molecule has 2 rings (SSSR count). The Labute approximate surface area is 123 Å². The minimum absolute atomic E-state index is 0.453. The van der Waals surface area contributed by atoms with Crippen molar-refractivity contribution in [2.24, 2.45) is 11.8 Å². The second-order valence-electron chi connectivity index (χ2n) is 6.31. The number of hydrogen-bond donors (Lipinski definition) is 1. The van der Waals surface area contributed by atoms with Crippen molar-refractivity contribution in [2.75, 3.05) is 7.11 Å². The second kappa shape index (κ2) is 7.12. The Bertz CT molecular complexity index is 390. The van der Waals surface area contributed by atoms with Gasteiger partial charge in [0.05, 0.1) is 7.11 Å². The monoisotopic (exact) mass is 275 g/mol. The van der Waals surface area contributed by atoms with Gasteiger partial charge in [-0.05, 0) is 48.8 Å². The normalized spacial score (nSPS) is 28.1. The highest BCUT2D eigenvalue weighted by molar-refractivity contribution is 5.29. The summed E-state index contributed by atoms with van der Waals surface area (Å²) in [5.74, 6) is 2.50. The lowest BCUT2D eigenvalue weighted by Gasteiger charge is -2.38. The molecule has 0 bridgehead atoms. The Balaban J connectivity index is 2.07. The molecule has 3 unspecified atom stereocenters. The van der Waals surface area contributed by atoms with Crippen molar-refractivity contribution in [3.05, 3.63) is 29.8 Å². The molecule has 0 saturated heterocycles. The Morgan fingerprint density at radius 2 is 1.75 bits per heavy atom. The Kier molecular flexibility index (Phi) is 5.47. The molecule has 3 atom stereocenters. The van der Waals surface area contributed by atoms with Gasteiger partial charge in [0.2, 0.25) is 0 Å². The molecular weight excluding hydrogens is 246 g/mol. The molecule has 0 aliphatic heterocycles. The van der Waals surface area contributed by atoms with Crippen LogP contribution in [0.3, 0.4) is 0 Å². The fourth-order valence-corrected chi connectivity index (χ4v) is 3.53. The van der Waals surface area contributed by atoms with Gasteiger partial charge in [-0.3, -0.25) is 0 Å². The van der Waals surface area contributed by atoms with E-state index in [0.29, 0.717) is 12.1 Å². The van der Waals surface area contributed by atoms with Crippen molar-refractivity contribution >= 4 is 0 Å². The first-order valence-electron chi connectivity index (χ1n) is 8.05. The molecule has 0 aromatic heterocycles. The molecule has 20 heavy (non-hydrogen) atoms. The van der Waals surface area contributed by atoms with Gasteiger partial charge in [-0.2, -0.15) is 0 Å². The van der Waals surface area contributed by atoms with Gasteiger partial charge in [0.15, 0.2) is 0 Å². The number of methoxy groups -OCH3 is 1. The third-order valence-electron chi connectivity index (χ3n) is 4.87. The number of rotatable bonds is 5. The zero-order chi connectivity index (χ0) is 14.5. The molecular formula is C18H29NO. The van der Waals surface area contributed by atoms with Crippen LogP contribution in [0, 0.1) is 11.8 Å². The average molecular weight is 275 g/mol. The van der Waals surface area contributed by atoms with Crippen LogP contribution in [0.1, 0.15) is 58.1 Å². The summed E-state index contributed by atoms with van der Waals surface area (Å²) < 4.78 is 5.25. The van der Waals surface area contributed by atoms with E-state index >= 15 is 0 Å². The van der Waals surface area contributed by atoms with E-state index < -0.39 is 0 Å². The minimum atomic E-state index is 0.453. The second-order valence-corrected chi connectivity index (χ2v) is 6.31. The highest BCUT2D eigenvalue weighted by atomic mass is 16.5. The number of ether oxygens (including phenoxy) is 1. The molecule has 0 radical (unpaired) electrons. The maximum atomic E-state index is 5.25. The number of hydrogen-bond acceptors (Lipinski definition) is 2. The molecule has 1 aromatic rings. The van der Waals surface area contributed by atoms with Gasteiger partial charge in [0.25, 0.3) is 0 Å². The molecule has 2 nitrogen and oxygen atoms in total. The van der Waals surface area contributed by atoms with Crippen molar-refractivity contribution in [3.63, 3.8) is 0 Å². The van der Waals surface area contributed by atoms with Gasteiger partial charge >= 0.3 is 0 Å². The highest BCUT2D eigenvalue weighted by Gasteiger charge is 2.29. The van der Waals surface area contributed by atoms with Crippen LogP contribution in [0.5, 0.6) is 5.75 Å². The molecule has 1 aromatic carbocycles. The number of benzene rings is 1. The molecule has 1 aliphatic rings. The van der Waals surface area contributed by atoms with Crippen LogP contribution in [0.15, 0.2) is 24.3 Å². The number of nitrogens with one attached hydrogen (secondary N) is 1. The molecule has 0 heterocycles.